The lowest BCUT2D eigenvalue weighted by molar-refractivity contribution is -0.117. The molecule has 0 unspecified atom stereocenters. The van der Waals surface area contributed by atoms with Gasteiger partial charge in [-0.05, 0) is 59.7 Å². The molecule has 1 saturated heterocycles. The number of primary amides is 1. The summed E-state index contributed by atoms with van der Waals surface area (Å²) >= 11 is 0. The van der Waals surface area contributed by atoms with E-state index in [1.807, 2.05) is 49.6 Å². The maximum Gasteiger partial charge on any atom is 0.221 e. The van der Waals surface area contributed by atoms with Crippen LogP contribution in [0.2, 0.25) is 0 Å². The molecule has 8 heteroatoms. The van der Waals surface area contributed by atoms with Crippen molar-refractivity contribution in [1.82, 2.24) is 9.97 Å². The van der Waals surface area contributed by atoms with Crippen LogP contribution in [0.25, 0.3) is 22.0 Å². The molecular formula is C22H26N4O3S. The lowest BCUT2D eigenvalue weighted by Crippen LogP contribution is -2.22. The Morgan fingerprint density at radius 2 is 1.93 bits per heavy atom. The number of rotatable bonds is 5. The van der Waals surface area contributed by atoms with Gasteiger partial charge < -0.3 is 15.6 Å². The van der Waals surface area contributed by atoms with Gasteiger partial charge in [0, 0.05) is 43.0 Å². The van der Waals surface area contributed by atoms with E-state index in [1.54, 1.807) is 0 Å². The number of aromatic nitrogens is 2. The van der Waals surface area contributed by atoms with Gasteiger partial charge in [-0.1, -0.05) is 0 Å². The smallest absolute Gasteiger partial charge is 0.221 e. The number of nitrogens with one attached hydrogen (secondary N) is 1. The largest absolute Gasteiger partial charge is 0.369 e. The van der Waals surface area contributed by atoms with Crippen molar-refractivity contribution in [3.8, 4) is 11.1 Å². The number of nitrogens with zero attached hydrogens (tertiary/aromatic N) is 2. The highest BCUT2D eigenvalue weighted by molar-refractivity contribution is 7.91. The number of nitrogens with two attached hydrogens (primary N) is 1. The number of carbonyl (C=O) groups excluding carboxylic acids is 1. The zero-order valence-electron chi connectivity index (χ0n) is 17.2. The van der Waals surface area contributed by atoms with Gasteiger partial charge >= 0.3 is 0 Å². The molecule has 1 fully saturated rings. The molecule has 0 radical (unpaired) electrons. The van der Waals surface area contributed by atoms with Crippen LogP contribution < -0.4 is 10.6 Å². The number of carbonyl (C=O) groups is 1. The molecule has 0 spiro atoms. The van der Waals surface area contributed by atoms with Gasteiger partial charge in [-0.3, -0.25) is 4.79 Å². The van der Waals surface area contributed by atoms with Crippen molar-refractivity contribution in [2.45, 2.75) is 25.2 Å². The fraction of sp³-hybridized carbons (Fsp3) is 0.364. The second-order valence-electron chi connectivity index (χ2n) is 8.17. The van der Waals surface area contributed by atoms with E-state index in [-0.39, 0.29) is 23.8 Å². The summed E-state index contributed by atoms with van der Waals surface area (Å²) in [6.07, 6.45) is 5.14. The lowest BCUT2D eigenvalue weighted by Gasteiger charge is -2.21. The molecule has 1 aliphatic heterocycles. The second kappa shape index (κ2) is 7.75. The predicted octanol–water partition coefficient (Wildman–Crippen LogP) is 2.62. The number of anilines is 1. The fourth-order valence-corrected chi connectivity index (χ4v) is 5.67. The minimum Gasteiger partial charge on any atom is -0.369 e. The van der Waals surface area contributed by atoms with Crippen molar-refractivity contribution >= 4 is 32.5 Å². The normalized spacial score (nSPS) is 16.6. The molecule has 30 heavy (non-hydrogen) atoms. The topological polar surface area (TPSA) is 109 Å². The van der Waals surface area contributed by atoms with E-state index in [9.17, 15) is 13.2 Å². The number of benzene rings is 1. The van der Waals surface area contributed by atoms with Gasteiger partial charge in [-0.2, -0.15) is 0 Å². The van der Waals surface area contributed by atoms with Gasteiger partial charge in [0.05, 0.1) is 17.9 Å². The second-order valence-corrected chi connectivity index (χ2v) is 10.5. The van der Waals surface area contributed by atoms with Crippen LogP contribution in [0.15, 0.2) is 36.7 Å². The van der Waals surface area contributed by atoms with Gasteiger partial charge in [0.1, 0.15) is 15.7 Å². The molecule has 3 heterocycles. The van der Waals surface area contributed by atoms with Crippen LogP contribution >= 0.6 is 0 Å². The third kappa shape index (κ3) is 4.05. The molecule has 1 aromatic carbocycles. The molecule has 4 rings (SSSR count). The van der Waals surface area contributed by atoms with E-state index in [1.165, 1.54) is 0 Å². The summed E-state index contributed by atoms with van der Waals surface area (Å²) in [6.45, 7) is 0. The van der Waals surface area contributed by atoms with Crippen LogP contribution in [0.1, 0.15) is 29.9 Å². The first-order valence-corrected chi connectivity index (χ1v) is 11.8. The van der Waals surface area contributed by atoms with E-state index in [4.69, 9.17) is 5.73 Å². The number of hydrogen-bond donors (Lipinski definition) is 2. The number of pyridine rings is 1. The van der Waals surface area contributed by atoms with Crippen LogP contribution in [0.5, 0.6) is 0 Å². The first-order chi connectivity index (χ1) is 14.2. The quantitative estimate of drug-likeness (QED) is 0.652. The zero-order chi connectivity index (χ0) is 21.5. The Kier molecular flexibility index (Phi) is 5.27. The summed E-state index contributed by atoms with van der Waals surface area (Å²) in [7, 11) is 0.950. The van der Waals surface area contributed by atoms with E-state index < -0.39 is 15.7 Å². The minimum atomic E-state index is -2.93. The van der Waals surface area contributed by atoms with Gasteiger partial charge in [-0.15, -0.1) is 0 Å². The van der Waals surface area contributed by atoms with E-state index >= 15 is 0 Å². The number of hydrogen-bond acceptors (Lipinski definition) is 5. The van der Waals surface area contributed by atoms with Gasteiger partial charge in [0.15, 0.2) is 0 Å². The van der Waals surface area contributed by atoms with E-state index in [2.05, 4.69) is 16.0 Å². The van der Waals surface area contributed by atoms with Crippen LogP contribution in [0, 0.1) is 0 Å². The van der Waals surface area contributed by atoms with Gasteiger partial charge in [0.25, 0.3) is 0 Å². The molecule has 7 nitrogen and oxygen atoms in total. The lowest BCUT2D eigenvalue weighted by atomic mass is 9.90. The Morgan fingerprint density at radius 3 is 2.53 bits per heavy atom. The minimum absolute atomic E-state index is 0.131. The summed E-state index contributed by atoms with van der Waals surface area (Å²) in [4.78, 5) is 21.4. The molecule has 0 aliphatic carbocycles. The van der Waals surface area contributed by atoms with Gasteiger partial charge in [0.2, 0.25) is 5.91 Å². The Balaban J connectivity index is 1.80. The molecule has 3 aromatic rings. The Hall–Kier alpha value is -2.87. The third-order valence-corrected chi connectivity index (χ3v) is 7.52. The number of fused-ring (bicyclic) bond motifs is 1. The molecule has 0 bridgehead atoms. The highest BCUT2D eigenvalue weighted by Crippen LogP contribution is 2.37. The van der Waals surface area contributed by atoms with Crippen LogP contribution in [-0.4, -0.2) is 49.9 Å². The average molecular weight is 427 g/mol. The van der Waals surface area contributed by atoms with Crippen LogP contribution in [0.4, 0.5) is 5.82 Å². The van der Waals surface area contributed by atoms with E-state index in [0.29, 0.717) is 12.8 Å². The first kappa shape index (κ1) is 20.4. The van der Waals surface area contributed by atoms with Crippen molar-refractivity contribution in [2.75, 3.05) is 30.5 Å². The van der Waals surface area contributed by atoms with Crippen molar-refractivity contribution in [3.63, 3.8) is 0 Å². The summed E-state index contributed by atoms with van der Waals surface area (Å²) in [5.41, 5.74) is 10.2. The first-order valence-electron chi connectivity index (χ1n) is 10.00. The standard InChI is InChI=1S/C22H26N4O3S/c1-26(2)21-4-3-15(12-24-21)16-9-17(11-20(23)27)22-18(10-16)19(13-25-22)14-5-7-30(28,29)8-6-14/h3-4,9-10,12-14,25H,5-8,11H2,1-2H3,(H2,23,27). The number of sulfone groups is 1. The molecule has 1 aliphatic rings. The Bertz CT molecular complexity index is 1180. The summed E-state index contributed by atoms with van der Waals surface area (Å²) in [6, 6.07) is 8.04. The maximum atomic E-state index is 11.8. The molecule has 2 aromatic heterocycles. The van der Waals surface area contributed by atoms with Crippen molar-refractivity contribution in [3.05, 3.63) is 47.8 Å². The molecule has 3 N–H and O–H groups in total. The van der Waals surface area contributed by atoms with Crippen molar-refractivity contribution in [1.29, 1.82) is 0 Å². The van der Waals surface area contributed by atoms with Crippen LogP contribution in [0.3, 0.4) is 0 Å². The molecule has 1 amide bonds. The monoisotopic (exact) mass is 426 g/mol. The SMILES string of the molecule is CN(C)c1ccc(-c2cc(CC(N)=O)c3[nH]cc(C4CCS(=O)(=O)CC4)c3c2)cn1. The predicted molar refractivity (Wildman–Crippen MR) is 119 cm³/mol. The van der Waals surface area contributed by atoms with Crippen LogP contribution in [-0.2, 0) is 21.1 Å². The molecule has 0 saturated carbocycles. The molecule has 158 valence electrons. The fourth-order valence-electron chi connectivity index (χ4n) is 4.18. The summed E-state index contributed by atoms with van der Waals surface area (Å²) in [5.74, 6) is 1.08. The van der Waals surface area contributed by atoms with Gasteiger partial charge in [-0.25, -0.2) is 13.4 Å². The Morgan fingerprint density at radius 1 is 1.20 bits per heavy atom. The highest BCUT2D eigenvalue weighted by Gasteiger charge is 2.27. The summed E-state index contributed by atoms with van der Waals surface area (Å²) < 4.78 is 23.7. The number of amides is 1. The average Bonchev–Trinajstić information content (AvgIpc) is 3.12. The summed E-state index contributed by atoms with van der Waals surface area (Å²) in [5, 5.41) is 1.02. The molecule has 0 atom stereocenters. The third-order valence-electron chi connectivity index (χ3n) is 5.80. The molecular weight excluding hydrogens is 400 g/mol. The number of H-pyrrole nitrogens is 1. The van der Waals surface area contributed by atoms with E-state index in [0.717, 1.165) is 39.0 Å². The Labute approximate surface area is 176 Å². The highest BCUT2D eigenvalue weighted by atomic mass is 32.2. The maximum absolute atomic E-state index is 11.8. The van der Waals surface area contributed by atoms with Crippen molar-refractivity contribution in [2.24, 2.45) is 5.73 Å². The zero-order valence-corrected chi connectivity index (χ0v) is 18.0. The number of aromatic amines is 1. The van der Waals surface area contributed by atoms with Crippen molar-refractivity contribution < 1.29 is 13.2 Å².